The molecule has 1 aromatic carbocycles. The number of nitrogens with zero attached hydrogens (tertiary/aromatic N) is 1. The molecule has 0 aromatic heterocycles. The van der Waals surface area contributed by atoms with E-state index in [2.05, 4.69) is 62.3 Å². The lowest BCUT2D eigenvalue weighted by atomic mass is 10.1. The first-order chi connectivity index (χ1) is 10.1. The fourth-order valence-corrected chi connectivity index (χ4v) is 2.39. The molecule has 0 heterocycles. The van der Waals surface area contributed by atoms with E-state index in [0.717, 1.165) is 31.5 Å². The summed E-state index contributed by atoms with van der Waals surface area (Å²) in [5, 5.41) is 3.60. The summed E-state index contributed by atoms with van der Waals surface area (Å²) < 4.78 is 5.72. The first-order valence-electron chi connectivity index (χ1n) is 8.22. The molecular weight excluding hydrogens is 260 g/mol. The first kappa shape index (κ1) is 16.3. The van der Waals surface area contributed by atoms with Crippen molar-refractivity contribution in [2.75, 3.05) is 26.7 Å². The third-order valence-electron chi connectivity index (χ3n) is 4.05. The van der Waals surface area contributed by atoms with Gasteiger partial charge in [0, 0.05) is 25.2 Å². The Morgan fingerprint density at radius 3 is 2.43 bits per heavy atom. The van der Waals surface area contributed by atoms with Crippen molar-refractivity contribution in [3.05, 3.63) is 29.8 Å². The van der Waals surface area contributed by atoms with Crippen LogP contribution in [-0.4, -0.2) is 37.7 Å². The molecule has 1 saturated carbocycles. The van der Waals surface area contributed by atoms with E-state index >= 15 is 0 Å². The molecule has 0 amide bonds. The van der Waals surface area contributed by atoms with Gasteiger partial charge in [-0.15, -0.1) is 0 Å². The van der Waals surface area contributed by atoms with Gasteiger partial charge in [0.2, 0.25) is 0 Å². The molecule has 1 atom stereocenters. The van der Waals surface area contributed by atoms with Gasteiger partial charge in [-0.3, -0.25) is 0 Å². The zero-order valence-corrected chi connectivity index (χ0v) is 13.9. The predicted molar refractivity (Wildman–Crippen MR) is 88.8 cm³/mol. The number of hydrogen-bond acceptors (Lipinski definition) is 3. The standard InChI is InChI=1S/C18H30N2O/c1-14(2)13-21-18-9-5-16(6-10-18)15(3)19-11-12-20(4)17-7-8-17/h5-6,9-10,14-15,17,19H,7-8,11-13H2,1-4H3. The quantitative estimate of drug-likeness (QED) is 0.753. The van der Waals surface area contributed by atoms with Gasteiger partial charge in [0.1, 0.15) is 5.75 Å². The summed E-state index contributed by atoms with van der Waals surface area (Å²) in [5.41, 5.74) is 1.32. The minimum atomic E-state index is 0.386. The predicted octanol–water partition coefficient (Wildman–Crippen LogP) is 3.47. The average molecular weight is 290 g/mol. The molecule has 1 aliphatic rings. The number of likely N-dealkylation sites (N-methyl/N-ethyl adjacent to an activating group) is 1. The summed E-state index contributed by atoms with van der Waals surface area (Å²) in [7, 11) is 2.23. The lowest BCUT2D eigenvalue weighted by molar-refractivity contribution is 0.271. The van der Waals surface area contributed by atoms with Gasteiger partial charge in [-0.1, -0.05) is 26.0 Å². The topological polar surface area (TPSA) is 24.5 Å². The number of ether oxygens (including phenoxy) is 1. The van der Waals surface area contributed by atoms with Crippen molar-refractivity contribution in [2.24, 2.45) is 5.92 Å². The van der Waals surface area contributed by atoms with Crippen LogP contribution in [0.4, 0.5) is 0 Å². The van der Waals surface area contributed by atoms with Crippen LogP contribution in [0.3, 0.4) is 0 Å². The SMILES string of the molecule is CC(C)COc1ccc(C(C)NCCN(C)C2CC2)cc1. The average Bonchev–Trinajstić information content (AvgIpc) is 3.30. The van der Waals surface area contributed by atoms with Crippen molar-refractivity contribution in [2.45, 2.75) is 45.7 Å². The van der Waals surface area contributed by atoms with E-state index in [4.69, 9.17) is 4.74 Å². The highest BCUT2D eigenvalue weighted by molar-refractivity contribution is 5.28. The van der Waals surface area contributed by atoms with E-state index in [0.29, 0.717) is 12.0 Å². The van der Waals surface area contributed by atoms with Crippen molar-refractivity contribution < 1.29 is 4.74 Å². The monoisotopic (exact) mass is 290 g/mol. The van der Waals surface area contributed by atoms with Crippen LogP contribution >= 0.6 is 0 Å². The van der Waals surface area contributed by atoms with Gasteiger partial charge in [0.15, 0.2) is 0 Å². The summed E-state index contributed by atoms with van der Waals surface area (Å²) in [4.78, 5) is 2.46. The van der Waals surface area contributed by atoms with Crippen molar-refractivity contribution in [3.8, 4) is 5.75 Å². The molecule has 1 N–H and O–H groups in total. The zero-order chi connectivity index (χ0) is 15.2. The van der Waals surface area contributed by atoms with Crippen molar-refractivity contribution in [3.63, 3.8) is 0 Å². The Kier molecular flexibility index (Phi) is 6.07. The summed E-state index contributed by atoms with van der Waals surface area (Å²) in [5.74, 6) is 1.53. The molecular formula is C18H30N2O. The van der Waals surface area contributed by atoms with Crippen LogP contribution in [0.5, 0.6) is 5.75 Å². The molecule has 1 unspecified atom stereocenters. The molecule has 3 nitrogen and oxygen atoms in total. The second kappa shape index (κ2) is 7.81. The molecule has 0 saturated heterocycles. The first-order valence-corrected chi connectivity index (χ1v) is 8.22. The Hall–Kier alpha value is -1.06. The van der Waals surface area contributed by atoms with Gasteiger partial charge in [-0.2, -0.15) is 0 Å². The van der Waals surface area contributed by atoms with Gasteiger partial charge >= 0.3 is 0 Å². The van der Waals surface area contributed by atoms with Crippen molar-refractivity contribution >= 4 is 0 Å². The Bertz CT molecular complexity index is 412. The minimum Gasteiger partial charge on any atom is -0.493 e. The van der Waals surface area contributed by atoms with E-state index in [1.165, 1.54) is 18.4 Å². The molecule has 0 aliphatic heterocycles. The number of nitrogens with one attached hydrogen (secondary N) is 1. The highest BCUT2D eigenvalue weighted by Gasteiger charge is 2.25. The molecule has 1 aliphatic carbocycles. The van der Waals surface area contributed by atoms with Crippen molar-refractivity contribution in [1.29, 1.82) is 0 Å². The molecule has 3 heteroatoms. The van der Waals surface area contributed by atoms with Crippen LogP contribution in [0, 0.1) is 5.92 Å². The van der Waals surface area contributed by atoms with Crippen LogP contribution in [-0.2, 0) is 0 Å². The highest BCUT2D eigenvalue weighted by atomic mass is 16.5. The van der Waals surface area contributed by atoms with Crippen LogP contribution < -0.4 is 10.1 Å². The molecule has 2 rings (SSSR count). The summed E-state index contributed by atoms with van der Waals surface area (Å²) in [6.45, 7) is 9.50. The number of rotatable bonds is 9. The van der Waals surface area contributed by atoms with Gasteiger partial charge in [0.05, 0.1) is 6.61 Å². The lowest BCUT2D eigenvalue weighted by Gasteiger charge is -2.19. The molecule has 1 aromatic rings. The Morgan fingerprint density at radius 1 is 1.19 bits per heavy atom. The summed E-state index contributed by atoms with van der Waals surface area (Å²) >= 11 is 0. The van der Waals surface area contributed by atoms with E-state index in [1.54, 1.807) is 0 Å². The third kappa shape index (κ3) is 5.68. The van der Waals surface area contributed by atoms with Crippen LogP contribution in [0.1, 0.15) is 45.2 Å². The minimum absolute atomic E-state index is 0.386. The van der Waals surface area contributed by atoms with E-state index in [1.807, 2.05) is 0 Å². The van der Waals surface area contributed by atoms with Gasteiger partial charge in [0.25, 0.3) is 0 Å². The van der Waals surface area contributed by atoms with Gasteiger partial charge in [-0.25, -0.2) is 0 Å². The maximum Gasteiger partial charge on any atom is 0.119 e. The fourth-order valence-electron chi connectivity index (χ4n) is 2.39. The Labute approximate surface area is 129 Å². The molecule has 1 fully saturated rings. The van der Waals surface area contributed by atoms with Gasteiger partial charge < -0.3 is 15.0 Å². The van der Waals surface area contributed by atoms with Crippen LogP contribution in [0.2, 0.25) is 0 Å². The Balaban J connectivity index is 1.72. The second-order valence-corrected chi connectivity index (χ2v) is 6.66. The number of benzene rings is 1. The normalized spacial score (nSPS) is 16.5. The van der Waals surface area contributed by atoms with E-state index in [9.17, 15) is 0 Å². The summed E-state index contributed by atoms with van der Waals surface area (Å²) in [6.07, 6.45) is 2.76. The fraction of sp³-hybridized carbons (Fsp3) is 0.667. The molecule has 0 bridgehead atoms. The molecule has 0 radical (unpaired) electrons. The second-order valence-electron chi connectivity index (χ2n) is 6.66. The van der Waals surface area contributed by atoms with Crippen LogP contribution in [0.15, 0.2) is 24.3 Å². The lowest BCUT2D eigenvalue weighted by Crippen LogP contribution is -2.31. The highest BCUT2D eigenvalue weighted by Crippen LogP contribution is 2.24. The van der Waals surface area contributed by atoms with Crippen molar-refractivity contribution in [1.82, 2.24) is 10.2 Å². The Morgan fingerprint density at radius 2 is 1.86 bits per heavy atom. The van der Waals surface area contributed by atoms with E-state index in [-0.39, 0.29) is 0 Å². The molecule has 0 spiro atoms. The van der Waals surface area contributed by atoms with Gasteiger partial charge in [-0.05, 0) is 50.4 Å². The van der Waals surface area contributed by atoms with E-state index < -0.39 is 0 Å². The third-order valence-corrected chi connectivity index (χ3v) is 4.05. The largest absolute Gasteiger partial charge is 0.493 e. The maximum atomic E-state index is 5.72. The zero-order valence-electron chi connectivity index (χ0n) is 13.9. The van der Waals surface area contributed by atoms with Crippen LogP contribution in [0.25, 0.3) is 0 Å². The number of hydrogen-bond donors (Lipinski definition) is 1. The smallest absolute Gasteiger partial charge is 0.119 e. The summed E-state index contributed by atoms with van der Waals surface area (Å²) in [6, 6.07) is 9.71. The maximum absolute atomic E-state index is 5.72. The molecule has 21 heavy (non-hydrogen) atoms. The molecule has 118 valence electrons.